The van der Waals surface area contributed by atoms with Gasteiger partial charge in [0.1, 0.15) is 0 Å². The summed E-state index contributed by atoms with van der Waals surface area (Å²) < 4.78 is 0. The molecule has 1 aliphatic heterocycles. The minimum Gasteiger partial charge on any atom is -0.308 e. The van der Waals surface area contributed by atoms with E-state index in [9.17, 15) is 0 Å². The van der Waals surface area contributed by atoms with E-state index in [0.717, 1.165) is 23.9 Å². The monoisotopic (exact) mass is 280 g/mol. The first-order chi connectivity index (χ1) is 9.53. The van der Waals surface area contributed by atoms with Gasteiger partial charge in [-0.15, -0.1) is 0 Å². The molecule has 2 atom stereocenters. The SMILES string of the molecule is CCC(CC)C(C)N1CC2(CCCC2)NCC1C(C)C. The molecule has 0 radical (unpaired) electrons. The number of nitrogens with one attached hydrogen (secondary N) is 1. The minimum atomic E-state index is 0.450. The fourth-order valence-electron chi connectivity index (χ4n) is 4.65. The van der Waals surface area contributed by atoms with Gasteiger partial charge in [0, 0.05) is 30.7 Å². The Kier molecular flexibility index (Phi) is 5.53. The molecule has 2 unspecified atom stereocenters. The van der Waals surface area contributed by atoms with Crippen molar-refractivity contribution in [1.29, 1.82) is 0 Å². The quantitative estimate of drug-likeness (QED) is 0.817. The average Bonchev–Trinajstić information content (AvgIpc) is 2.87. The maximum atomic E-state index is 3.94. The molecule has 1 spiro atoms. The normalized spacial score (nSPS) is 28.6. The van der Waals surface area contributed by atoms with Crippen molar-refractivity contribution < 1.29 is 0 Å². The van der Waals surface area contributed by atoms with E-state index in [1.807, 2.05) is 0 Å². The molecule has 2 heteroatoms. The van der Waals surface area contributed by atoms with Crippen LogP contribution in [0.5, 0.6) is 0 Å². The summed E-state index contributed by atoms with van der Waals surface area (Å²) >= 11 is 0. The molecule has 0 aromatic heterocycles. The van der Waals surface area contributed by atoms with E-state index in [2.05, 4.69) is 44.8 Å². The molecule has 0 aromatic rings. The number of rotatable bonds is 5. The molecular weight excluding hydrogens is 244 g/mol. The van der Waals surface area contributed by atoms with Gasteiger partial charge in [0.2, 0.25) is 0 Å². The molecule has 1 aliphatic carbocycles. The van der Waals surface area contributed by atoms with Gasteiger partial charge >= 0.3 is 0 Å². The van der Waals surface area contributed by atoms with E-state index >= 15 is 0 Å². The zero-order valence-electron chi connectivity index (χ0n) is 14.4. The molecule has 1 heterocycles. The second-order valence-corrected chi connectivity index (χ2v) is 7.67. The molecule has 2 fully saturated rings. The van der Waals surface area contributed by atoms with Crippen molar-refractivity contribution in [3.63, 3.8) is 0 Å². The van der Waals surface area contributed by atoms with E-state index in [-0.39, 0.29) is 0 Å². The Labute approximate surface area is 126 Å². The first-order valence-electron chi connectivity index (χ1n) is 9.03. The van der Waals surface area contributed by atoms with Crippen LogP contribution in [0.3, 0.4) is 0 Å². The van der Waals surface area contributed by atoms with E-state index < -0.39 is 0 Å². The van der Waals surface area contributed by atoms with Crippen LogP contribution in [0.1, 0.15) is 73.1 Å². The number of hydrogen-bond acceptors (Lipinski definition) is 2. The number of nitrogens with zero attached hydrogens (tertiary/aromatic N) is 1. The lowest BCUT2D eigenvalue weighted by atomic mass is 9.84. The van der Waals surface area contributed by atoms with Crippen LogP contribution >= 0.6 is 0 Å². The molecule has 118 valence electrons. The number of piperazine rings is 1. The van der Waals surface area contributed by atoms with Crippen LogP contribution in [-0.4, -0.2) is 35.6 Å². The Balaban J connectivity index is 2.14. The second-order valence-electron chi connectivity index (χ2n) is 7.67. The third kappa shape index (κ3) is 3.22. The van der Waals surface area contributed by atoms with Crippen molar-refractivity contribution in [3.8, 4) is 0 Å². The van der Waals surface area contributed by atoms with Crippen molar-refractivity contribution in [3.05, 3.63) is 0 Å². The van der Waals surface area contributed by atoms with Gasteiger partial charge < -0.3 is 5.32 Å². The summed E-state index contributed by atoms with van der Waals surface area (Å²) in [7, 11) is 0. The van der Waals surface area contributed by atoms with Gasteiger partial charge in [0.15, 0.2) is 0 Å². The molecule has 0 bridgehead atoms. The zero-order chi connectivity index (χ0) is 14.8. The highest BCUT2D eigenvalue weighted by Crippen LogP contribution is 2.36. The lowest BCUT2D eigenvalue weighted by Gasteiger charge is -2.51. The van der Waals surface area contributed by atoms with Gasteiger partial charge in [-0.2, -0.15) is 0 Å². The Hall–Kier alpha value is -0.0800. The Bertz CT molecular complexity index is 290. The van der Waals surface area contributed by atoms with Gasteiger partial charge in [0.25, 0.3) is 0 Å². The predicted molar refractivity (Wildman–Crippen MR) is 88.1 cm³/mol. The summed E-state index contributed by atoms with van der Waals surface area (Å²) in [5.41, 5.74) is 0.450. The lowest BCUT2D eigenvalue weighted by Crippen LogP contribution is -2.66. The smallest absolute Gasteiger partial charge is 0.0309 e. The van der Waals surface area contributed by atoms with Crippen molar-refractivity contribution in [2.75, 3.05) is 13.1 Å². The van der Waals surface area contributed by atoms with Crippen molar-refractivity contribution in [2.24, 2.45) is 11.8 Å². The fourth-order valence-corrected chi connectivity index (χ4v) is 4.65. The van der Waals surface area contributed by atoms with Gasteiger partial charge in [-0.3, -0.25) is 4.90 Å². The van der Waals surface area contributed by atoms with Crippen molar-refractivity contribution >= 4 is 0 Å². The van der Waals surface area contributed by atoms with Gasteiger partial charge in [-0.05, 0) is 31.6 Å². The summed E-state index contributed by atoms with van der Waals surface area (Å²) in [4.78, 5) is 2.88. The molecule has 0 aromatic carbocycles. The standard InChI is InChI=1S/C18H36N2/c1-6-16(7-2)15(5)20-13-18(10-8-9-11-18)19-12-17(20)14(3)4/h14-17,19H,6-13H2,1-5H3. The van der Waals surface area contributed by atoms with E-state index in [0.29, 0.717) is 5.54 Å². The molecule has 1 saturated heterocycles. The third-order valence-corrected chi connectivity index (χ3v) is 6.18. The maximum Gasteiger partial charge on any atom is 0.0309 e. The van der Waals surface area contributed by atoms with Gasteiger partial charge in [-0.25, -0.2) is 0 Å². The Morgan fingerprint density at radius 1 is 1.10 bits per heavy atom. The summed E-state index contributed by atoms with van der Waals surface area (Å²) in [5.74, 6) is 1.60. The third-order valence-electron chi connectivity index (χ3n) is 6.18. The predicted octanol–water partition coefficient (Wildman–Crippen LogP) is 4.05. The summed E-state index contributed by atoms with van der Waals surface area (Å²) in [6, 6.07) is 1.45. The first-order valence-corrected chi connectivity index (χ1v) is 9.03. The Morgan fingerprint density at radius 2 is 1.70 bits per heavy atom. The second kappa shape index (κ2) is 6.79. The van der Waals surface area contributed by atoms with Crippen LogP contribution in [-0.2, 0) is 0 Å². The van der Waals surface area contributed by atoms with Crippen molar-refractivity contribution in [2.45, 2.75) is 90.8 Å². The molecule has 1 saturated carbocycles. The molecular formula is C18H36N2. The molecule has 1 N–H and O–H groups in total. The highest BCUT2D eigenvalue weighted by atomic mass is 15.3. The highest BCUT2D eigenvalue weighted by Gasteiger charge is 2.43. The van der Waals surface area contributed by atoms with Crippen LogP contribution in [0.2, 0.25) is 0 Å². The zero-order valence-corrected chi connectivity index (χ0v) is 14.4. The Morgan fingerprint density at radius 3 is 2.20 bits per heavy atom. The van der Waals surface area contributed by atoms with E-state index in [1.54, 1.807) is 0 Å². The fraction of sp³-hybridized carbons (Fsp3) is 1.00. The van der Waals surface area contributed by atoms with Crippen LogP contribution < -0.4 is 5.32 Å². The average molecular weight is 280 g/mol. The van der Waals surface area contributed by atoms with E-state index in [4.69, 9.17) is 0 Å². The topological polar surface area (TPSA) is 15.3 Å². The largest absolute Gasteiger partial charge is 0.308 e. The van der Waals surface area contributed by atoms with Crippen LogP contribution in [0.25, 0.3) is 0 Å². The molecule has 2 nitrogen and oxygen atoms in total. The molecule has 2 aliphatic rings. The van der Waals surface area contributed by atoms with E-state index in [1.165, 1.54) is 51.6 Å². The number of hydrogen-bond donors (Lipinski definition) is 1. The van der Waals surface area contributed by atoms with Crippen LogP contribution in [0, 0.1) is 11.8 Å². The summed E-state index contributed by atoms with van der Waals surface area (Å²) in [5, 5.41) is 3.94. The molecule has 20 heavy (non-hydrogen) atoms. The van der Waals surface area contributed by atoms with Gasteiger partial charge in [-0.1, -0.05) is 53.4 Å². The molecule has 0 amide bonds. The first kappa shape index (κ1) is 16.3. The maximum absolute atomic E-state index is 3.94. The minimum absolute atomic E-state index is 0.450. The summed E-state index contributed by atoms with van der Waals surface area (Å²) in [6.45, 7) is 14.5. The summed E-state index contributed by atoms with van der Waals surface area (Å²) in [6.07, 6.45) is 8.27. The van der Waals surface area contributed by atoms with Gasteiger partial charge in [0.05, 0.1) is 0 Å². The molecule has 2 rings (SSSR count). The lowest BCUT2D eigenvalue weighted by molar-refractivity contribution is 0.00611. The van der Waals surface area contributed by atoms with Crippen LogP contribution in [0.15, 0.2) is 0 Å². The highest BCUT2D eigenvalue weighted by molar-refractivity contribution is 5.03. The van der Waals surface area contributed by atoms with Crippen LogP contribution in [0.4, 0.5) is 0 Å². The van der Waals surface area contributed by atoms with Crippen molar-refractivity contribution in [1.82, 2.24) is 10.2 Å².